The molecule has 1 N–H and O–H groups in total. The molecule has 1 atom stereocenters. The predicted octanol–water partition coefficient (Wildman–Crippen LogP) is 1.36. The third-order valence-electron chi connectivity index (χ3n) is 1.96. The summed E-state index contributed by atoms with van der Waals surface area (Å²) in [6.07, 6.45) is 17.5. The summed E-state index contributed by atoms with van der Waals surface area (Å²) in [4.78, 5) is 4.18. The number of nitrogens with zero attached hydrogens (tertiary/aromatic N) is 1. The van der Waals surface area contributed by atoms with E-state index in [9.17, 15) is 0 Å². The Hall–Kier alpha value is 0.669. The molecule has 0 bridgehead atoms. The summed E-state index contributed by atoms with van der Waals surface area (Å²) in [6.45, 7) is 2.18. The molecule has 0 heterocycles. The molecule has 2 saturated carbocycles. The van der Waals surface area contributed by atoms with Gasteiger partial charge < -0.3 is 0 Å². The largest absolute Gasteiger partial charge is 2.00 e. The van der Waals surface area contributed by atoms with Crippen molar-refractivity contribution in [2.45, 2.75) is 13.0 Å². The second-order valence-electron chi connectivity index (χ2n) is 3.63. The fraction of sp³-hybridized carbons (Fsp3) is 0.214. The van der Waals surface area contributed by atoms with Crippen molar-refractivity contribution in [1.82, 2.24) is 0 Å². The third-order valence-corrected chi connectivity index (χ3v) is 2.73. The van der Waals surface area contributed by atoms with E-state index < -0.39 is 0 Å². The molecule has 0 aliphatic heterocycles. The van der Waals surface area contributed by atoms with Gasteiger partial charge in [-0.2, -0.15) is 0 Å². The van der Waals surface area contributed by atoms with Crippen molar-refractivity contribution < 1.29 is 22.2 Å². The molecule has 2 nitrogen and oxygen atoms in total. The summed E-state index contributed by atoms with van der Waals surface area (Å²) >= 11 is 2.87. The Labute approximate surface area is 131 Å². The fourth-order valence-corrected chi connectivity index (χ4v) is 1.59. The van der Waals surface area contributed by atoms with Gasteiger partial charge in [-0.3, -0.25) is 0 Å². The monoisotopic (exact) mass is 350 g/mol. The molecule has 0 aromatic carbocycles. The van der Waals surface area contributed by atoms with Crippen molar-refractivity contribution in [3.63, 3.8) is 0 Å². The van der Waals surface area contributed by atoms with Crippen LogP contribution in [0, 0.1) is 63.7 Å². The van der Waals surface area contributed by atoms with Gasteiger partial charge in [-0.15, -0.1) is 0 Å². The molecule has 0 aromatic heterocycles. The molecular weight excluding hydrogens is 333 g/mol. The Morgan fingerprint density at radius 3 is 1.94 bits per heavy atom. The molecule has 1 unspecified atom stereocenters. The molecule has 2 aliphatic carbocycles. The molecule has 0 saturated heterocycles. The van der Waals surface area contributed by atoms with Crippen LogP contribution in [0.3, 0.4) is 0 Å². The van der Waals surface area contributed by atoms with Crippen molar-refractivity contribution in [3.05, 3.63) is 63.7 Å². The molecule has 2 rings (SSSR count). The van der Waals surface area contributed by atoms with Gasteiger partial charge in [-0.25, -0.2) is 0 Å². The van der Waals surface area contributed by atoms with Gasteiger partial charge in [0, 0.05) is 0 Å². The van der Waals surface area contributed by atoms with E-state index in [-0.39, 0.29) is 23.2 Å². The molecule has 11 radical (unpaired) electrons. The van der Waals surface area contributed by atoms with Crippen LogP contribution in [-0.4, -0.2) is 38.4 Å². The maximum Gasteiger partial charge on any atom is 2.00 e. The van der Waals surface area contributed by atoms with Crippen LogP contribution in [0.15, 0.2) is 4.99 Å². The van der Waals surface area contributed by atoms with Gasteiger partial charge in [0.25, 0.3) is 0 Å². The molecule has 2 fully saturated rings. The minimum atomic E-state index is -0.372. The minimum absolute atomic E-state index is 0. The van der Waals surface area contributed by atoms with Crippen LogP contribution in [0.2, 0.25) is 0 Å². The van der Waals surface area contributed by atoms with E-state index in [1.165, 1.54) is 0 Å². The zero-order chi connectivity index (χ0) is 12.5. The molecule has 95 valence electrons. The van der Waals surface area contributed by atoms with Gasteiger partial charge in [-0.05, 0) is 32.1 Å². The van der Waals surface area contributed by atoms with Crippen molar-refractivity contribution in [1.29, 1.82) is 0 Å². The topological polar surface area (TPSA) is 32.6 Å². The van der Waals surface area contributed by atoms with Gasteiger partial charge in [0.15, 0.2) is 0 Å². The van der Waals surface area contributed by atoms with Crippen LogP contribution in [0.5, 0.6) is 0 Å². The number of aliphatic hydroxyl groups excluding tert-OH is 1. The molecule has 0 aromatic rings. The van der Waals surface area contributed by atoms with Crippen molar-refractivity contribution in [2.75, 3.05) is 6.54 Å². The molecule has 0 spiro atoms. The average molecular weight is 349 g/mol. The van der Waals surface area contributed by atoms with Gasteiger partial charge in [0.2, 0.25) is 0 Å². The van der Waals surface area contributed by atoms with Gasteiger partial charge >= 0.3 is 99.0 Å². The molecule has 2 aliphatic rings. The van der Waals surface area contributed by atoms with E-state index in [1.807, 2.05) is 57.8 Å². The summed E-state index contributed by atoms with van der Waals surface area (Å²) in [5.74, 6) is 1.08. The van der Waals surface area contributed by atoms with Crippen LogP contribution in [0.1, 0.15) is 6.92 Å². The molecular formula is C14H16FeNOSe+2. The summed E-state index contributed by atoms with van der Waals surface area (Å²) in [5, 5.41) is 8.98. The summed E-state index contributed by atoms with van der Waals surface area (Å²) < 4.78 is 0.862. The van der Waals surface area contributed by atoms with E-state index in [2.05, 4.69) is 21.0 Å². The van der Waals surface area contributed by atoms with E-state index in [0.717, 1.165) is 10.5 Å². The number of aliphatic imine (C=N–C) groups is 1. The van der Waals surface area contributed by atoms with Gasteiger partial charge in [0.1, 0.15) is 0 Å². The van der Waals surface area contributed by atoms with Crippen LogP contribution in [0.25, 0.3) is 0 Å². The third kappa shape index (κ3) is 8.72. The average Bonchev–Trinajstić information content (AvgIpc) is 2.99. The smallest absolute Gasteiger partial charge is 0.0312 e. The van der Waals surface area contributed by atoms with E-state index in [0.29, 0.717) is 6.54 Å². The standard InChI is InChI=1S/C9H11NOSe.C5H5.Fe/c1-7(11)6-10-9(12)8-4-2-3-5-8;1-2-4-5-3-1;/h2-5,7,11H,6H2,1H3;1-5H;/q;;+2. The summed E-state index contributed by atoms with van der Waals surface area (Å²) in [6, 6.07) is 0. The van der Waals surface area contributed by atoms with Gasteiger partial charge in [-0.1, -0.05) is 0 Å². The van der Waals surface area contributed by atoms with Crippen LogP contribution < -0.4 is 0 Å². The first-order chi connectivity index (χ1) is 8.20. The zero-order valence-electron chi connectivity index (χ0n) is 10.1. The maximum absolute atomic E-state index is 8.98. The quantitative estimate of drug-likeness (QED) is 0.606. The van der Waals surface area contributed by atoms with Crippen LogP contribution in [0.4, 0.5) is 0 Å². The van der Waals surface area contributed by atoms with E-state index >= 15 is 0 Å². The fourth-order valence-electron chi connectivity index (χ4n) is 1.14. The predicted molar refractivity (Wildman–Crippen MR) is 71.7 cm³/mol. The maximum atomic E-state index is 8.98. The van der Waals surface area contributed by atoms with Crippen molar-refractivity contribution in [3.8, 4) is 0 Å². The van der Waals surface area contributed by atoms with Crippen LogP contribution in [-0.2, 0) is 17.1 Å². The van der Waals surface area contributed by atoms with E-state index in [4.69, 9.17) is 5.11 Å². The Morgan fingerprint density at radius 2 is 1.56 bits per heavy atom. The number of hydrogen-bond acceptors (Lipinski definition) is 2. The Bertz CT molecular complexity index is 216. The first-order valence-electron chi connectivity index (χ1n) is 5.48. The number of aliphatic hydroxyl groups is 1. The first-order valence-corrected chi connectivity index (χ1v) is 6.34. The molecule has 18 heavy (non-hydrogen) atoms. The Balaban J connectivity index is 0.000000405. The van der Waals surface area contributed by atoms with Crippen LogP contribution >= 0.6 is 0 Å². The number of hydrogen-bond donors (Lipinski definition) is 1. The molecule has 4 heteroatoms. The summed E-state index contributed by atoms with van der Waals surface area (Å²) in [7, 11) is 0. The van der Waals surface area contributed by atoms with Gasteiger partial charge in [0.05, 0.1) is 0 Å². The Kier molecular flexibility index (Phi) is 11.9. The minimum Gasteiger partial charge on any atom is -0.0312 e. The zero-order valence-corrected chi connectivity index (χ0v) is 13.0. The van der Waals surface area contributed by atoms with Crippen molar-refractivity contribution in [2.24, 2.45) is 4.99 Å². The van der Waals surface area contributed by atoms with Crippen molar-refractivity contribution >= 4 is 20.6 Å². The second-order valence-corrected chi connectivity index (χ2v) is 4.44. The number of rotatable bonds is 3. The SMILES string of the molecule is CC(O)CN=C([Se])[C]1[CH][CH][CH][CH]1.[CH]1[CH][CH][CH][CH]1.[Fe+2]. The second kappa shape index (κ2) is 11.5. The Morgan fingerprint density at radius 1 is 1.11 bits per heavy atom. The first kappa shape index (κ1) is 18.7. The summed E-state index contributed by atoms with van der Waals surface area (Å²) in [5.41, 5.74) is 0. The normalized spacial score (nSPS) is 22.0. The molecule has 0 amide bonds. The van der Waals surface area contributed by atoms with E-state index in [1.54, 1.807) is 6.92 Å².